The van der Waals surface area contributed by atoms with Gasteiger partial charge in [-0.05, 0) is 43.7 Å². The van der Waals surface area contributed by atoms with Gasteiger partial charge in [-0.25, -0.2) is 13.8 Å². The van der Waals surface area contributed by atoms with E-state index in [1.165, 1.54) is 23.6 Å². The molecule has 0 fully saturated rings. The topological polar surface area (TPSA) is 42.4 Å². The number of aromatic nitrogens is 1. The average Bonchev–Trinajstić information content (AvgIpc) is 3.20. The van der Waals surface area contributed by atoms with E-state index in [1.54, 1.807) is 6.07 Å². The van der Waals surface area contributed by atoms with Crippen molar-refractivity contribution < 1.29 is 23.0 Å². The van der Waals surface area contributed by atoms with E-state index >= 15 is 0 Å². The Labute approximate surface area is 187 Å². The van der Waals surface area contributed by atoms with E-state index in [-0.39, 0.29) is 0 Å². The lowest BCUT2D eigenvalue weighted by Crippen LogP contribution is -2.46. The lowest BCUT2D eigenvalue weighted by atomic mass is 9.75. The van der Waals surface area contributed by atoms with Crippen molar-refractivity contribution in [3.05, 3.63) is 58.1 Å². The highest BCUT2D eigenvalue weighted by Gasteiger charge is 2.45. The van der Waals surface area contributed by atoms with Crippen molar-refractivity contribution in [3.8, 4) is 17.0 Å². The number of ether oxygens (including phenoxy) is 1. The number of alkyl halides is 3. The van der Waals surface area contributed by atoms with Crippen LogP contribution in [0.5, 0.6) is 5.75 Å². The molecule has 1 N–H and O–H groups in total. The third-order valence-corrected chi connectivity index (χ3v) is 6.39. The van der Waals surface area contributed by atoms with Crippen LogP contribution in [0, 0.1) is 0 Å². The zero-order valence-electron chi connectivity index (χ0n) is 17.2. The summed E-state index contributed by atoms with van der Waals surface area (Å²) >= 11 is 3.32. The molecule has 0 aromatic heterocycles. The van der Waals surface area contributed by atoms with E-state index in [0.717, 1.165) is 18.0 Å². The van der Waals surface area contributed by atoms with Gasteiger partial charge in [0.2, 0.25) is 0 Å². The molecular weight excluding hydrogens is 471 g/mol. The molecule has 0 radical (unpaired) electrons. The number of hydrogen-bond donors (Lipinski definition) is 1. The molecule has 2 aromatic rings. The molecule has 164 valence electrons. The van der Waals surface area contributed by atoms with Crippen molar-refractivity contribution in [3.63, 3.8) is 0 Å². The first-order chi connectivity index (χ1) is 14.8. The third kappa shape index (κ3) is 4.05. The number of aliphatic hydroxyl groups excluding tert-OH is 1. The van der Waals surface area contributed by atoms with Gasteiger partial charge in [-0.3, -0.25) is 4.39 Å². The standard InChI is InChI=1S/C15H18BrF3O2.C9H5N/c1-8(18)12(20)14(19)15(2,7-17)11-6-10(16)5-9-3-4-21-13(9)11;1-2-4-8-6(3-1)7-5-9(7)10-8/h5-6,8,12,14,20H,3-4,7H2,1-2H3;1-5H. The first kappa shape index (κ1) is 22.1. The van der Waals surface area contributed by atoms with Crippen LogP contribution in [0.3, 0.4) is 0 Å². The summed E-state index contributed by atoms with van der Waals surface area (Å²) in [5.41, 5.74) is 3.16. The summed E-state index contributed by atoms with van der Waals surface area (Å²) in [6.45, 7) is 1.77. The molecule has 5 rings (SSSR count). The number of para-hydroxylation sites is 1. The molecule has 3 nitrogen and oxygen atoms in total. The Morgan fingerprint density at radius 3 is 2.65 bits per heavy atom. The van der Waals surface area contributed by atoms with Crippen LogP contribution in [0.4, 0.5) is 13.2 Å². The molecule has 0 amide bonds. The maximum absolute atomic E-state index is 14.6. The van der Waals surface area contributed by atoms with E-state index in [1.807, 2.05) is 12.1 Å². The van der Waals surface area contributed by atoms with Crippen LogP contribution in [0.15, 0.2) is 46.9 Å². The summed E-state index contributed by atoms with van der Waals surface area (Å²) in [7, 11) is 0. The van der Waals surface area contributed by atoms with Crippen molar-refractivity contribution in [2.24, 2.45) is 0 Å². The summed E-state index contributed by atoms with van der Waals surface area (Å²) < 4.78 is 47.6. The molecule has 2 heterocycles. The quantitative estimate of drug-likeness (QED) is 0.377. The molecular formula is C24H23BrF3NO2. The van der Waals surface area contributed by atoms with E-state index in [4.69, 9.17) is 4.74 Å². The summed E-state index contributed by atoms with van der Waals surface area (Å²) in [6, 6.07) is 13.8. The van der Waals surface area contributed by atoms with Gasteiger partial charge in [0.1, 0.15) is 30.9 Å². The molecule has 0 saturated carbocycles. The Balaban J connectivity index is 0.000000188. The molecule has 0 bridgehead atoms. The highest BCUT2D eigenvalue weighted by atomic mass is 79.9. The van der Waals surface area contributed by atoms with Crippen LogP contribution in [0.1, 0.15) is 25.0 Å². The number of pyridine rings is 1. The van der Waals surface area contributed by atoms with Crippen molar-refractivity contribution in [2.45, 2.75) is 44.1 Å². The molecule has 0 spiro atoms. The Hall–Kier alpha value is -2.12. The Bertz CT molecular complexity index is 1120. The number of halogens is 4. The molecule has 2 aliphatic heterocycles. The fourth-order valence-corrected chi connectivity index (χ4v) is 4.44. The lowest BCUT2D eigenvalue weighted by Gasteiger charge is -2.35. The highest BCUT2D eigenvalue weighted by Crippen LogP contribution is 2.44. The monoisotopic (exact) mass is 493 g/mol. The minimum atomic E-state index is -2.08. The molecule has 4 unspecified atom stereocenters. The predicted octanol–water partition coefficient (Wildman–Crippen LogP) is 5.88. The molecule has 2 aromatic carbocycles. The minimum Gasteiger partial charge on any atom is -0.493 e. The van der Waals surface area contributed by atoms with Crippen LogP contribution in [0.25, 0.3) is 22.2 Å². The van der Waals surface area contributed by atoms with Gasteiger partial charge in [0.25, 0.3) is 0 Å². The van der Waals surface area contributed by atoms with Crippen molar-refractivity contribution >= 4 is 26.8 Å². The van der Waals surface area contributed by atoms with Crippen LogP contribution in [-0.4, -0.2) is 41.8 Å². The van der Waals surface area contributed by atoms with E-state index < -0.39 is 30.5 Å². The second-order valence-electron chi connectivity index (χ2n) is 8.23. The van der Waals surface area contributed by atoms with Gasteiger partial charge in [0.05, 0.1) is 23.2 Å². The predicted molar refractivity (Wildman–Crippen MR) is 119 cm³/mol. The summed E-state index contributed by atoms with van der Waals surface area (Å²) in [6.07, 6.45) is -5.10. The second-order valence-corrected chi connectivity index (χ2v) is 9.15. The van der Waals surface area contributed by atoms with Crippen LogP contribution >= 0.6 is 15.9 Å². The first-order valence-corrected chi connectivity index (χ1v) is 10.9. The Morgan fingerprint density at radius 2 is 1.97 bits per heavy atom. The highest BCUT2D eigenvalue weighted by molar-refractivity contribution is 9.10. The lowest BCUT2D eigenvalue weighted by molar-refractivity contribution is -0.0207. The molecule has 3 aliphatic rings. The molecule has 0 saturated heterocycles. The normalized spacial score (nSPS) is 18.2. The number of aliphatic hydroxyl groups is 1. The van der Waals surface area contributed by atoms with Crippen molar-refractivity contribution in [1.82, 2.24) is 4.98 Å². The number of benzene rings is 2. The third-order valence-electron chi connectivity index (χ3n) is 5.93. The smallest absolute Gasteiger partial charge is 0.141 e. The van der Waals surface area contributed by atoms with E-state index in [0.29, 0.717) is 28.8 Å². The first-order valence-electron chi connectivity index (χ1n) is 10.1. The minimum absolute atomic E-state index is 0.319. The van der Waals surface area contributed by atoms with Crippen LogP contribution in [-0.2, 0) is 11.8 Å². The van der Waals surface area contributed by atoms with Gasteiger partial charge in [0.15, 0.2) is 0 Å². The largest absolute Gasteiger partial charge is 0.493 e. The van der Waals surface area contributed by atoms with Gasteiger partial charge >= 0.3 is 0 Å². The zero-order valence-corrected chi connectivity index (χ0v) is 18.8. The number of nitrogens with zero attached hydrogens (tertiary/aromatic N) is 1. The van der Waals surface area contributed by atoms with E-state index in [9.17, 15) is 18.3 Å². The fourth-order valence-electron chi connectivity index (χ4n) is 3.93. The maximum atomic E-state index is 14.6. The van der Waals surface area contributed by atoms with Gasteiger partial charge in [-0.2, -0.15) is 0 Å². The number of hydrogen-bond acceptors (Lipinski definition) is 3. The van der Waals surface area contributed by atoms with Crippen LogP contribution in [0.2, 0.25) is 0 Å². The van der Waals surface area contributed by atoms with E-state index in [2.05, 4.69) is 45.2 Å². The molecule has 1 aliphatic carbocycles. The fraction of sp³-hybridized carbons (Fsp3) is 0.375. The van der Waals surface area contributed by atoms with Crippen molar-refractivity contribution in [2.75, 3.05) is 13.3 Å². The maximum Gasteiger partial charge on any atom is 0.141 e. The zero-order chi connectivity index (χ0) is 22.3. The van der Waals surface area contributed by atoms with Gasteiger partial charge in [-0.1, -0.05) is 34.1 Å². The van der Waals surface area contributed by atoms with Gasteiger partial charge in [0, 0.05) is 27.4 Å². The van der Waals surface area contributed by atoms with Crippen LogP contribution < -0.4 is 4.74 Å². The van der Waals surface area contributed by atoms with Gasteiger partial charge < -0.3 is 9.84 Å². The Morgan fingerprint density at radius 1 is 1.23 bits per heavy atom. The summed E-state index contributed by atoms with van der Waals surface area (Å²) in [5, 5.41) is 11.0. The number of fused-ring (bicyclic) bond motifs is 4. The summed E-state index contributed by atoms with van der Waals surface area (Å²) in [5.74, 6) is 0.444. The molecule has 7 heteroatoms. The SMILES string of the molecule is CC(F)C(O)C(F)C(C)(CF)c1cc(Br)cc2c1OCC2.c1ccc2c3cc-3nc2c1. The van der Waals surface area contributed by atoms with Gasteiger partial charge in [-0.15, -0.1) is 0 Å². The Kier molecular flexibility index (Phi) is 6.01. The second kappa shape index (κ2) is 8.43. The average molecular weight is 494 g/mol. The molecule has 31 heavy (non-hydrogen) atoms. The summed E-state index contributed by atoms with van der Waals surface area (Å²) in [4.78, 5) is 4.35. The molecule has 4 atom stereocenters. The number of rotatable bonds is 5. The van der Waals surface area contributed by atoms with Crippen molar-refractivity contribution in [1.29, 1.82) is 0 Å².